The minimum Gasteiger partial charge on any atom is -0.351 e. The Hall–Kier alpha value is -1.43. The van der Waals surface area contributed by atoms with Crippen LogP contribution in [0, 0.1) is 22.5 Å². The third-order valence-electron chi connectivity index (χ3n) is 4.24. The highest BCUT2D eigenvalue weighted by Gasteiger charge is 2.33. The van der Waals surface area contributed by atoms with E-state index in [4.69, 9.17) is 0 Å². The van der Waals surface area contributed by atoms with E-state index in [0.717, 1.165) is 18.2 Å². The average molecular weight is 355 g/mol. The van der Waals surface area contributed by atoms with Crippen molar-refractivity contribution in [3.05, 3.63) is 39.4 Å². The summed E-state index contributed by atoms with van der Waals surface area (Å²) in [6.45, 7) is 2.20. The van der Waals surface area contributed by atoms with Crippen LogP contribution in [0.1, 0.15) is 41.6 Å². The molecule has 6 heteroatoms. The fourth-order valence-electron chi connectivity index (χ4n) is 2.93. The molecular formula is C15H19BrN2O3. The maximum absolute atomic E-state index is 12.3. The molecule has 1 aliphatic carbocycles. The summed E-state index contributed by atoms with van der Waals surface area (Å²) < 4.78 is 0. The molecule has 0 heterocycles. The molecule has 5 nitrogen and oxygen atoms in total. The van der Waals surface area contributed by atoms with Crippen molar-refractivity contribution in [2.45, 2.75) is 32.6 Å². The zero-order valence-electron chi connectivity index (χ0n) is 12.0. The van der Waals surface area contributed by atoms with Crippen molar-refractivity contribution >= 4 is 27.5 Å². The summed E-state index contributed by atoms with van der Waals surface area (Å²) >= 11 is 3.53. The molecule has 0 unspecified atom stereocenters. The number of carbonyl (C=O) groups is 1. The van der Waals surface area contributed by atoms with Gasteiger partial charge in [0.25, 0.3) is 11.6 Å². The highest BCUT2D eigenvalue weighted by atomic mass is 79.9. The predicted molar refractivity (Wildman–Crippen MR) is 84.9 cm³/mol. The second-order valence-electron chi connectivity index (χ2n) is 5.75. The van der Waals surface area contributed by atoms with Gasteiger partial charge >= 0.3 is 0 Å². The number of halogens is 1. The number of carbonyl (C=O) groups excluding carboxylic acids is 1. The van der Waals surface area contributed by atoms with Crippen LogP contribution in [0.15, 0.2) is 18.2 Å². The van der Waals surface area contributed by atoms with E-state index in [9.17, 15) is 14.9 Å². The number of aryl methyl sites for hydroxylation is 1. The first-order valence-electron chi connectivity index (χ1n) is 7.07. The molecule has 2 rings (SSSR count). The lowest BCUT2D eigenvalue weighted by atomic mass is 9.88. The molecule has 0 radical (unpaired) electrons. The van der Waals surface area contributed by atoms with Crippen molar-refractivity contribution in [2.75, 3.05) is 11.9 Å². The molecule has 1 saturated carbocycles. The average Bonchev–Trinajstić information content (AvgIpc) is 2.93. The van der Waals surface area contributed by atoms with Crippen molar-refractivity contribution in [3.8, 4) is 0 Å². The largest absolute Gasteiger partial charge is 0.351 e. The van der Waals surface area contributed by atoms with Gasteiger partial charge in [-0.25, -0.2) is 0 Å². The van der Waals surface area contributed by atoms with Gasteiger partial charge in [-0.2, -0.15) is 0 Å². The molecular weight excluding hydrogens is 336 g/mol. The van der Waals surface area contributed by atoms with E-state index in [0.29, 0.717) is 12.1 Å². The van der Waals surface area contributed by atoms with Gasteiger partial charge in [0, 0.05) is 17.4 Å². The van der Waals surface area contributed by atoms with Crippen LogP contribution in [0.4, 0.5) is 5.69 Å². The zero-order valence-corrected chi connectivity index (χ0v) is 13.6. The molecule has 1 amide bonds. The summed E-state index contributed by atoms with van der Waals surface area (Å²) in [6.07, 6.45) is 4.50. The van der Waals surface area contributed by atoms with E-state index in [1.807, 2.05) is 0 Å². The number of nitro groups is 1. The summed E-state index contributed by atoms with van der Waals surface area (Å²) in [5, 5.41) is 14.9. The van der Waals surface area contributed by atoms with E-state index < -0.39 is 4.92 Å². The molecule has 114 valence electrons. The number of hydrogen-bond acceptors (Lipinski definition) is 3. The first-order chi connectivity index (χ1) is 9.99. The van der Waals surface area contributed by atoms with Crippen molar-refractivity contribution in [1.82, 2.24) is 5.32 Å². The van der Waals surface area contributed by atoms with E-state index in [1.54, 1.807) is 19.1 Å². The summed E-state index contributed by atoms with van der Waals surface area (Å²) in [6, 6.07) is 4.83. The monoisotopic (exact) mass is 354 g/mol. The standard InChI is InChI=1S/C15H19BrN2O3/c1-11-5-4-6-12(13(11)18(20)21)14(19)17-10-15(9-16)7-2-3-8-15/h4-6H,2-3,7-10H2,1H3,(H,17,19). The van der Waals surface area contributed by atoms with Crippen molar-refractivity contribution < 1.29 is 9.72 Å². The number of amides is 1. The predicted octanol–water partition coefficient (Wildman–Crippen LogP) is 3.59. The van der Waals surface area contributed by atoms with Crippen LogP contribution in [0.3, 0.4) is 0 Å². The molecule has 0 bridgehead atoms. The number of para-hydroxylation sites is 1. The van der Waals surface area contributed by atoms with Crippen LogP contribution in [0.5, 0.6) is 0 Å². The van der Waals surface area contributed by atoms with Gasteiger partial charge in [-0.3, -0.25) is 14.9 Å². The third kappa shape index (κ3) is 3.43. The Kier molecular flexibility index (Phi) is 4.98. The molecule has 1 aromatic carbocycles. The zero-order chi connectivity index (χ0) is 15.5. The molecule has 0 aliphatic heterocycles. The smallest absolute Gasteiger partial charge is 0.285 e. The Labute approximate surface area is 132 Å². The summed E-state index contributed by atoms with van der Waals surface area (Å²) in [5.74, 6) is -0.363. The first kappa shape index (κ1) is 15.9. The second kappa shape index (κ2) is 6.56. The number of nitrogens with one attached hydrogen (secondary N) is 1. The van der Waals surface area contributed by atoms with E-state index >= 15 is 0 Å². The quantitative estimate of drug-likeness (QED) is 0.498. The van der Waals surface area contributed by atoms with Gasteiger partial charge < -0.3 is 5.32 Å². The highest BCUT2D eigenvalue weighted by Crippen LogP contribution is 2.39. The van der Waals surface area contributed by atoms with E-state index in [1.165, 1.54) is 18.9 Å². The fourth-order valence-corrected chi connectivity index (χ4v) is 3.69. The topological polar surface area (TPSA) is 72.2 Å². The van der Waals surface area contributed by atoms with Crippen LogP contribution in [-0.2, 0) is 0 Å². The number of rotatable bonds is 5. The summed E-state index contributed by atoms with van der Waals surface area (Å²) in [5.41, 5.74) is 0.634. The fraction of sp³-hybridized carbons (Fsp3) is 0.533. The lowest BCUT2D eigenvalue weighted by Crippen LogP contribution is -2.37. The second-order valence-corrected chi connectivity index (χ2v) is 6.31. The maximum atomic E-state index is 12.3. The molecule has 1 fully saturated rings. The Morgan fingerprint density at radius 3 is 2.67 bits per heavy atom. The molecule has 0 spiro atoms. The van der Waals surface area contributed by atoms with Gasteiger partial charge in [-0.05, 0) is 31.2 Å². The minimum atomic E-state index is -0.486. The van der Waals surface area contributed by atoms with Gasteiger partial charge in [-0.15, -0.1) is 0 Å². The highest BCUT2D eigenvalue weighted by molar-refractivity contribution is 9.09. The van der Waals surface area contributed by atoms with Crippen molar-refractivity contribution in [2.24, 2.45) is 5.41 Å². The molecule has 0 saturated heterocycles. The molecule has 1 aromatic rings. The van der Waals surface area contributed by atoms with Crippen LogP contribution < -0.4 is 5.32 Å². The van der Waals surface area contributed by atoms with Gasteiger partial charge in [-0.1, -0.05) is 40.9 Å². The number of benzene rings is 1. The van der Waals surface area contributed by atoms with Gasteiger partial charge in [0.15, 0.2) is 0 Å². The Morgan fingerprint density at radius 2 is 2.10 bits per heavy atom. The molecule has 1 aliphatic rings. The Morgan fingerprint density at radius 1 is 1.43 bits per heavy atom. The SMILES string of the molecule is Cc1cccc(C(=O)NCC2(CBr)CCCC2)c1[N+](=O)[O-]. The summed E-state index contributed by atoms with van der Waals surface area (Å²) in [7, 11) is 0. The van der Waals surface area contributed by atoms with Crippen LogP contribution in [-0.4, -0.2) is 22.7 Å². The van der Waals surface area contributed by atoms with Gasteiger partial charge in [0.05, 0.1) is 4.92 Å². The molecule has 0 atom stereocenters. The number of nitrogens with zero attached hydrogens (tertiary/aromatic N) is 1. The maximum Gasteiger partial charge on any atom is 0.285 e. The Balaban J connectivity index is 2.14. The normalized spacial score (nSPS) is 16.7. The minimum absolute atomic E-state index is 0.0915. The number of hydrogen-bond donors (Lipinski definition) is 1. The van der Waals surface area contributed by atoms with E-state index in [2.05, 4.69) is 21.2 Å². The van der Waals surface area contributed by atoms with Crippen LogP contribution in [0.25, 0.3) is 0 Å². The number of alkyl halides is 1. The number of nitro benzene ring substituents is 1. The van der Waals surface area contributed by atoms with Gasteiger partial charge in [0.1, 0.15) is 5.56 Å². The van der Waals surface area contributed by atoms with E-state index in [-0.39, 0.29) is 22.6 Å². The third-order valence-corrected chi connectivity index (χ3v) is 5.43. The van der Waals surface area contributed by atoms with Crippen LogP contribution in [0.2, 0.25) is 0 Å². The van der Waals surface area contributed by atoms with Crippen LogP contribution >= 0.6 is 15.9 Å². The van der Waals surface area contributed by atoms with Crippen molar-refractivity contribution in [3.63, 3.8) is 0 Å². The molecule has 21 heavy (non-hydrogen) atoms. The lowest BCUT2D eigenvalue weighted by molar-refractivity contribution is -0.385. The van der Waals surface area contributed by atoms with Gasteiger partial charge in [0.2, 0.25) is 0 Å². The first-order valence-corrected chi connectivity index (χ1v) is 8.19. The lowest BCUT2D eigenvalue weighted by Gasteiger charge is -2.26. The Bertz CT molecular complexity index is 554. The van der Waals surface area contributed by atoms with Crippen molar-refractivity contribution in [1.29, 1.82) is 0 Å². The summed E-state index contributed by atoms with van der Waals surface area (Å²) in [4.78, 5) is 23.0. The molecule has 1 N–H and O–H groups in total. The molecule has 0 aromatic heterocycles.